The van der Waals surface area contributed by atoms with Crippen LogP contribution in [0.15, 0.2) is 108 Å². The van der Waals surface area contributed by atoms with Gasteiger partial charge in [-0.15, -0.1) is 0 Å². The van der Waals surface area contributed by atoms with Crippen LogP contribution in [0.3, 0.4) is 0 Å². The molecule has 4 rings (SSSR count). The van der Waals surface area contributed by atoms with Gasteiger partial charge in [-0.05, 0) is 60.7 Å². The average molecular weight is 494 g/mol. The lowest BCUT2D eigenvalue weighted by atomic mass is 10.1. The van der Waals surface area contributed by atoms with Gasteiger partial charge >= 0.3 is 5.97 Å². The number of carbonyl (C=O) groups is 3. The van der Waals surface area contributed by atoms with Crippen molar-refractivity contribution in [1.29, 1.82) is 0 Å². The number of rotatable bonds is 8. The van der Waals surface area contributed by atoms with Crippen LogP contribution >= 0.6 is 0 Å². The first kappa shape index (κ1) is 24.9. The zero-order chi connectivity index (χ0) is 26.0. The Hall–Kier alpha value is -5.24. The predicted molar refractivity (Wildman–Crippen MR) is 140 cm³/mol. The molecule has 37 heavy (non-hydrogen) atoms. The van der Waals surface area contributed by atoms with E-state index in [-0.39, 0.29) is 11.5 Å². The molecule has 0 aliphatic heterocycles. The van der Waals surface area contributed by atoms with Gasteiger partial charge in [-0.25, -0.2) is 10.2 Å². The second kappa shape index (κ2) is 11.9. The highest BCUT2D eigenvalue weighted by Gasteiger charge is 2.14. The standard InChI is InChI=1S/C29H23N3O5/c1-36-23-17-15-20(16-18-23)27(33)31-25-13-7-6-12-24(25)28(34)32-30-19-22-11-5-8-14-26(22)37-29(35)21-9-3-2-4-10-21/h2-19H,1H3,(H,31,33)(H,32,34)/b30-19-. The van der Waals surface area contributed by atoms with Crippen LogP contribution in [0.1, 0.15) is 36.6 Å². The molecule has 0 saturated carbocycles. The molecular weight excluding hydrogens is 470 g/mol. The lowest BCUT2D eigenvalue weighted by Gasteiger charge is -2.10. The molecule has 0 aromatic heterocycles. The number of hydrogen-bond donors (Lipinski definition) is 2. The summed E-state index contributed by atoms with van der Waals surface area (Å²) in [4.78, 5) is 37.9. The normalized spacial score (nSPS) is 10.5. The van der Waals surface area contributed by atoms with Gasteiger partial charge in [0, 0.05) is 11.1 Å². The third kappa shape index (κ3) is 6.46. The first-order valence-electron chi connectivity index (χ1n) is 11.3. The Morgan fingerprint density at radius 3 is 2.16 bits per heavy atom. The Kier molecular flexibility index (Phi) is 8.03. The molecule has 4 aromatic carbocycles. The SMILES string of the molecule is COc1ccc(C(=O)Nc2ccccc2C(=O)N/N=C\c2ccccc2OC(=O)c2ccccc2)cc1. The van der Waals surface area contributed by atoms with Crippen LogP contribution < -0.4 is 20.2 Å². The Balaban J connectivity index is 1.43. The highest BCUT2D eigenvalue weighted by molar-refractivity contribution is 6.09. The molecular formula is C29H23N3O5. The number of hydrazone groups is 1. The molecule has 0 atom stereocenters. The number of anilines is 1. The topological polar surface area (TPSA) is 106 Å². The molecule has 4 aromatic rings. The smallest absolute Gasteiger partial charge is 0.343 e. The molecule has 0 saturated heterocycles. The Labute approximate surface area is 213 Å². The number of para-hydroxylation sites is 2. The van der Waals surface area contributed by atoms with E-state index >= 15 is 0 Å². The van der Waals surface area contributed by atoms with Crippen molar-refractivity contribution in [2.45, 2.75) is 0 Å². The highest BCUT2D eigenvalue weighted by Crippen LogP contribution is 2.19. The molecule has 0 bridgehead atoms. The minimum Gasteiger partial charge on any atom is -0.497 e. The van der Waals surface area contributed by atoms with Crippen molar-refractivity contribution < 1.29 is 23.9 Å². The summed E-state index contributed by atoms with van der Waals surface area (Å²) in [5, 5.41) is 6.76. The highest BCUT2D eigenvalue weighted by atomic mass is 16.5. The maximum atomic E-state index is 12.8. The van der Waals surface area contributed by atoms with E-state index < -0.39 is 11.9 Å². The van der Waals surface area contributed by atoms with Crippen molar-refractivity contribution in [2.75, 3.05) is 12.4 Å². The lowest BCUT2D eigenvalue weighted by Crippen LogP contribution is -2.21. The van der Waals surface area contributed by atoms with Crippen LogP contribution in [0, 0.1) is 0 Å². The molecule has 8 nitrogen and oxygen atoms in total. The van der Waals surface area contributed by atoms with Crippen molar-refractivity contribution in [3.8, 4) is 11.5 Å². The number of esters is 1. The third-order valence-electron chi connectivity index (χ3n) is 5.27. The van der Waals surface area contributed by atoms with Gasteiger partial charge < -0.3 is 14.8 Å². The van der Waals surface area contributed by atoms with Gasteiger partial charge in [0.15, 0.2) is 0 Å². The third-order valence-corrected chi connectivity index (χ3v) is 5.27. The number of nitrogens with one attached hydrogen (secondary N) is 2. The van der Waals surface area contributed by atoms with Gasteiger partial charge in [0.2, 0.25) is 0 Å². The number of hydrogen-bond acceptors (Lipinski definition) is 6. The molecule has 2 N–H and O–H groups in total. The van der Waals surface area contributed by atoms with E-state index in [1.165, 1.54) is 6.21 Å². The number of nitrogens with zero attached hydrogens (tertiary/aromatic N) is 1. The maximum Gasteiger partial charge on any atom is 0.343 e. The van der Waals surface area contributed by atoms with Crippen molar-refractivity contribution >= 4 is 29.7 Å². The summed E-state index contributed by atoms with van der Waals surface area (Å²) in [6.45, 7) is 0. The molecule has 0 aliphatic carbocycles. The first-order valence-corrected chi connectivity index (χ1v) is 11.3. The number of amides is 2. The van der Waals surface area contributed by atoms with E-state index in [1.807, 2.05) is 6.07 Å². The minimum absolute atomic E-state index is 0.227. The number of methoxy groups -OCH3 is 1. The molecule has 8 heteroatoms. The summed E-state index contributed by atoms with van der Waals surface area (Å²) in [5.41, 5.74) is 4.32. The minimum atomic E-state index is -0.527. The molecule has 0 fully saturated rings. The number of carbonyl (C=O) groups excluding carboxylic acids is 3. The molecule has 184 valence electrons. The number of benzene rings is 4. The summed E-state index contributed by atoms with van der Waals surface area (Å²) < 4.78 is 10.6. The summed E-state index contributed by atoms with van der Waals surface area (Å²) in [6.07, 6.45) is 1.38. The average Bonchev–Trinajstić information content (AvgIpc) is 2.94. The van der Waals surface area contributed by atoms with E-state index in [2.05, 4.69) is 15.8 Å². The van der Waals surface area contributed by atoms with E-state index in [1.54, 1.807) is 104 Å². The Bertz CT molecular complexity index is 1430. The van der Waals surface area contributed by atoms with Crippen molar-refractivity contribution in [3.63, 3.8) is 0 Å². The van der Waals surface area contributed by atoms with Crippen LogP contribution in [0.5, 0.6) is 11.5 Å². The van der Waals surface area contributed by atoms with Crippen molar-refractivity contribution in [3.05, 3.63) is 125 Å². The predicted octanol–water partition coefficient (Wildman–Crippen LogP) is 4.93. The van der Waals surface area contributed by atoms with Crippen LogP contribution in [-0.4, -0.2) is 31.1 Å². The quantitative estimate of drug-likeness (QED) is 0.157. The fourth-order valence-electron chi connectivity index (χ4n) is 3.36. The summed E-state index contributed by atoms with van der Waals surface area (Å²) in [7, 11) is 1.54. The second-order valence-electron chi connectivity index (χ2n) is 7.72. The molecule has 0 unspecified atom stereocenters. The van der Waals surface area contributed by atoms with Crippen LogP contribution in [0.2, 0.25) is 0 Å². The van der Waals surface area contributed by atoms with Crippen molar-refractivity contribution in [2.24, 2.45) is 5.10 Å². The van der Waals surface area contributed by atoms with E-state index in [0.29, 0.717) is 33.9 Å². The molecule has 0 radical (unpaired) electrons. The summed E-state index contributed by atoms with van der Waals surface area (Å²) in [6, 6.07) is 28.6. The van der Waals surface area contributed by atoms with Gasteiger partial charge in [0.25, 0.3) is 11.8 Å². The molecule has 0 aliphatic rings. The second-order valence-corrected chi connectivity index (χ2v) is 7.72. The largest absolute Gasteiger partial charge is 0.497 e. The Morgan fingerprint density at radius 2 is 1.41 bits per heavy atom. The lowest BCUT2D eigenvalue weighted by molar-refractivity contribution is 0.0734. The molecule has 2 amide bonds. The Morgan fingerprint density at radius 1 is 0.730 bits per heavy atom. The van der Waals surface area contributed by atoms with Gasteiger partial charge in [0.1, 0.15) is 11.5 Å². The van der Waals surface area contributed by atoms with E-state index in [9.17, 15) is 14.4 Å². The van der Waals surface area contributed by atoms with Crippen LogP contribution in [0.4, 0.5) is 5.69 Å². The molecule has 0 heterocycles. The van der Waals surface area contributed by atoms with Crippen LogP contribution in [-0.2, 0) is 0 Å². The summed E-state index contributed by atoms with van der Waals surface area (Å²) >= 11 is 0. The summed E-state index contributed by atoms with van der Waals surface area (Å²) in [5.74, 6) is -0.486. The fraction of sp³-hybridized carbons (Fsp3) is 0.0345. The van der Waals surface area contributed by atoms with Crippen molar-refractivity contribution in [1.82, 2.24) is 5.43 Å². The van der Waals surface area contributed by atoms with Crippen LogP contribution in [0.25, 0.3) is 0 Å². The number of ether oxygens (including phenoxy) is 2. The van der Waals surface area contributed by atoms with E-state index in [4.69, 9.17) is 9.47 Å². The monoisotopic (exact) mass is 493 g/mol. The zero-order valence-corrected chi connectivity index (χ0v) is 19.9. The van der Waals surface area contributed by atoms with E-state index in [0.717, 1.165) is 0 Å². The van der Waals surface area contributed by atoms with Gasteiger partial charge in [-0.1, -0.05) is 42.5 Å². The maximum absolute atomic E-state index is 12.8. The zero-order valence-electron chi connectivity index (χ0n) is 19.9. The van der Waals surface area contributed by atoms with Gasteiger partial charge in [-0.3, -0.25) is 9.59 Å². The molecule has 0 spiro atoms. The fourth-order valence-corrected chi connectivity index (χ4v) is 3.36. The van der Waals surface area contributed by atoms with Gasteiger partial charge in [-0.2, -0.15) is 5.10 Å². The first-order chi connectivity index (χ1) is 18.0. The van der Waals surface area contributed by atoms with Gasteiger partial charge in [0.05, 0.1) is 30.1 Å².